The van der Waals surface area contributed by atoms with Crippen LogP contribution in [0.1, 0.15) is 5.56 Å². The number of nitrogens with zero attached hydrogens (tertiary/aromatic N) is 3. The Labute approximate surface area is 127 Å². The second-order valence-corrected chi connectivity index (χ2v) is 6.39. The van der Waals surface area contributed by atoms with Crippen molar-refractivity contribution in [1.29, 1.82) is 0 Å². The monoisotopic (exact) mass is 319 g/mol. The highest BCUT2D eigenvalue weighted by Gasteiger charge is 2.16. The molecule has 1 aromatic carbocycles. The van der Waals surface area contributed by atoms with Crippen molar-refractivity contribution >= 4 is 21.3 Å². The molecule has 3 rings (SSSR count). The quantitative estimate of drug-likeness (QED) is 0.739. The smallest absolute Gasteiger partial charge is 0.307 e. The van der Waals surface area contributed by atoms with Gasteiger partial charge in [-0.05, 0) is 24.6 Å². The molecule has 2 heterocycles. The van der Waals surface area contributed by atoms with Crippen LogP contribution in [0, 0.1) is 6.92 Å². The SMILES string of the molecule is Cc1ccccc1-n1c(O)nc2ccc(OS(C)(=O)=O)nc21. The van der Waals surface area contributed by atoms with Crippen LogP contribution in [0.15, 0.2) is 36.4 Å². The van der Waals surface area contributed by atoms with Gasteiger partial charge in [0.25, 0.3) is 0 Å². The first-order chi connectivity index (χ1) is 10.3. The minimum absolute atomic E-state index is 0.0789. The van der Waals surface area contributed by atoms with Crippen LogP contribution in [0.3, 0.4) is 0 Å². The molecule has 0 spiro atoms. The molecule has 0 radical (unpaired) electrons. The van der Waals surface area contributed by atoms with E-state index < -0.39 is 10.1 Å². The van der Waals surface area contributed by atoms with Crippen LogP contribution in [-0.4, -0.2) is 34.3 Å². The lowest BCUT2D eigenvalue weighted by Crippen LogP contribution is -2.07. The molecule has 0 aliphatic carbocycles. The van der Waals surface area contributed by atoms with E-state index in [1.807, 2.05) is 31.2 Å². The van der Waals surface area contributed by atoms with E-state index in [2.05, 4.69) is 9.97 Å². The maximum absolute atomic E-state index is 11.2. The number of aromatic nitrogens is 3. The Hall–Kier alpha value is -2.61. The van der Waals surface area contributed by atoms with Gasteiger partial charge in [-0.25, -0.2) is 4.57 Å². The van der Waals surface area contributed by atoms with Crippen molar-refractivity contribution in [2.24, 2.45) is 0 Å². The van der Waals surface area contributed by atoms with Gasteiger partial charge >= 0.3 is 16.1 Å². The van der Waals surface area contributed by atoms with Crippen LogP contribution in [0.5, 0.6) is 11.9 Å². The summed E-state index contributed by atoms with van der Waals surface area (Å²) in [5, 5.41) is 10.1. The second-order valence-electron chi connectivity index (χ2n) is 4.81. The maximum Gasteiger partial charge on any atom is 0.307 e. The molecule has 22 heavy (non-hydrogen) atoms. The van der Waals surface area contributed by atoms with Gasteiger partial charge in [0.05, 0.1) is 11.9 Å². The molecular weight excluding hydrogens is 306 g/mol. The summed E-state index contributed by atoms with van der Waals surface area (Å²) in [6, 6.07) is 10.1. The summed E-state index contributed by atoms with van der Waals surface area (Å²) in [5.41, 5.74) is 2.36. The highest BCUT2D eigenvalue weighted by atomic mass is 32.2. The Balaban J connectivity index is 2.24. The largest absolute Gasteiger partial charge is 0.480 e. The molecule has 0 aliphatic rings. The number of fused-ring (bicyclic) bond motifs is 1. The van der Waals surface area contributed by atoms with Gasteiger partial charge in [-0.2, -0.15) is 18.4 Å². The summed E-state index contributed by atoms with van der Waals surface area (Å²) in [5.74, 6) is -0.0789. The fraction of sp³-hybridized carbons (Fsp3) is 0.143. The van der Waals surface area contributed by atoms with E-state index in [1.54, 1.807) is 0 Å². The minimum Gasteiger partial charge on any atom is -0.480 e. The molecule has 2 aromatic heterocycles. The molecule has 0 saturated carbocycles. The molecule has 0 amide bonds. The van der Waals surface area contributed by atoms with Gasteiger partial charge in [-0.1, -0.05) is 18.2 Å². The van der Waals surface area contributed by atoms with Crippen LogP contribution in [0.4, 0.5) is 0 Å². The van der Waals surface area contributed by atoms with E-state index in [0.29, 0.717) is 16.9 Å². The van der Waals surface area contributed by atoms with Crippen molar-refractivity contribution in [3.05, 3.63) is 42.0 Å². The molecule has 0 saturated heterocycles. The molecule has 7 nitrogen and oxygen atoms in total. The Morgan fingerprint density at radius 3 is 2.55 bits per heavy atom. The topological polar surface area (TPSA) is 94.3 Å². The van der Waals surface area contributed by atoms with Crippen LogP contribution >= 0.6 is 0 Å². The average Bonchev–Trinajstić information content (AvgIpc) is 2.73. The number of hydrogen-bond acceptors (Lipinski definition) is 6. The van der Waals surface area contributed by atoms with Crippen molar-refractivity contribution in [3.63, 3.8) is 0 Å². The number of aryl methyl sites for hydroxylation is 1. The van der Waals surface area contributed by atoms with Gasteiger partial charge in [-0.3, -0.25) is 0 Å². The first-order valence-electron chi connectivity index (χ1n) is 6.39. The first-order valence-corrected chi connectivity index (χ1v) is 8.21. The van der Waals surface area contributed by atoms with Crippen molar-refractivity contribution in [2.75, 3.05) is 6.26 Å². The van der Waals surface area contributed by atoms with E-state index in [9.17, 15) is 13.5 Å². The highest BCUT2D eigenvalue weighted by Crippen LogP contribution is 2.27. The average molecular weight is 319 g/mol. The standard InChI is InChI=1S/C14H13N3O4S/c1-9-5-3-4-6-11(9)17-13-10(15-14(17)18)7-8-12(16-13)21-22(2,19)20/h3-8H,1-2H3,(H,15,18). The minimum atomic E-state index is -3.68. The van der Waals surface area contributed by atoms with Gasteiger partial charge in [0.15, 0.2) is 5.65 Å². The van der Waals surface area contributed by atoms with Crippen molar-refractivity contribution < 1.29 is 17.7 Å². The van der Waals surface area contributed by atoms with Gasteiger partial charge in [-0.15, -0.1) is 0 Å². The van der Waals surface area contributed by atoms with E-state index in [1.165, 1.54) is 16.7 Å². The summed E-state index contributed by atoms with van der Waals surface area (Å²) in [6.07, 6.45) is 0.939. The summed E-state index contributed by atoms with van der Waals surface area (Å²) >= 11 is 0. The first kappa shape index (κ1) is 14.3. The summed E-state index contributed by atoms with van der Waals surface area (Å²) < 4.78 is 28.7. The van der Waals surface area contributed by atoms with Gasteiger partial charge in [0, 0.05) is 6.07 Å². The fourth-order valence-electron chi connectivity index (χ4n) is 2.17. The third-order valence-electron chi connectivity index (χ3n) is 3.05. The molecule has 0 atom stereocenters. The van der Waals surface area contributed by atoms with Crippen molar-refractivity contribution in [2.45, 2.75) is 6.92 Å². The molecular formula is C14H13N3O4S. The second kappa shape index (κ2) is 4.99. The Kier molecular flexibility index (Phi) is 3.25. The van der Waals surface area contributed by atoms with E-state index in [4.69, 9.17) is 4.18 Å². The van der Waals surface area contributed by atoms with Gasteiger partial charge in [0.1, 0.15) is 5.52 Å². The highest BCUT2D eigenvalue weighted by molar-refractivity contribution is 7.86. The molecule has 0 fully saturated rings. The number of pyridine rings is 1. The zero-order valence-corrected chi connectivity index (χ0v) is 12.7. The Morgan fingerprint density at radius 2 is 1.86 bits per heavy atom. The molecule has 0 unspecified atom stereocenters. The van der Waals surface area contributed by atoms with Gasteiger partial charge < -0.3 is 9.29 Å². The summed E-state index contributed by atoms with van der Waals surface area (Å²) in [6.45, 7) is 1.89. The number of imidazole rings is 1. The van der Waals surface area contributed by atoms with Crippen LogP contribution in [0.2, 0.25) is 0 Å². The number of benzene rings is 1. The predicted octanol–water partition coefficient (Wildman–Crippen LogP) is 1.77. The normalized spacial score (nSPS) is 11.7. The van der Waals surface area contributed by atoms with Crippen molar-refractivity contribution in [3.8, 4) is 17.6 Å². The summed E-state index contributed by atoms with van der Waals surface area (Å²) in [4.78, 5) is 8.16. The third kappa shape index (κ3) is 2.60. The van der Waals surface area contributed by atoms with Gasteiger partial charge in [0.2, 0.25) is 5.88 Å². The maximum atomic E-state index is 11.2. The lowest BCUT2D eigenvalue weighted by Gasteiger charge is -2.08. The van der Waals surface area contributed by atoms with Crippen LogP contribution in [0.25, 0.3) is 16.9 Å². The van der Waals surface area contributed by atoms with E-state index in [0.717, 1.165) is 11.8 Å². The molecule has 0 aliphatic heterocycles. The lowest BCUT2D eigenvalue weighted by atomic mass is 10.2. The zero-order chi connectivity index (χ0) is 15.9. The summed E-state index contributed by atoms with van der Waals surface area (Å²) in [7, 11) is -3.68. The zero-order valence-electron chi connectivity index (χ0n) is 11.9. The fourth-order valence-corrected chi connectivity index (χ4v) is 2.57. The van der Waals surface area contributed by atoms with Crippen LogP contribution in [-0.2, 0) is 10.1 Å². The Bertz CT molecular complexity index is 963. The Morgan fingerprint density at radius 1 is 1.14 bits per heavy atom. The number of para-hydroxylation sites is 1. The number of rotatable bonds is 3. The van der Waals surface area contributed by atoms with Crippen molar-refractivity contribution in [1.82, 2.24) is 14.5 Å². The lowest BCUT2D eigenvalue weighted by molar-refractivity contribution is 0.424. The number of aromatic hydroxyl groups is 1. The molecule has 114 valence electrons. The number of hydrogen-bond donors (Lipinski definition) is 1. The molecule has 1 N–H and O–H groups in total. The third-order valence-corrected chi connectivity index (χ3v) is 3.53. The molecule has 0 bridgehead atoms. The van der Waals surface area contributed by atoms with Crippen LogP contribution < -0.4 is 4.18 Å². The predicted molar refractivity (Wildman–Crippen MR) is 80.7 cm³/mol. The molecule has 8 heteroatoms. The van der Waals surface area contributed by atoms with E-state index >= 15 is 0 Å². The molecule has 3 aromatic rings. The van der Waals surface area contributed by atoms with E-state index in [-0.39, 0.29) is 11.9 Å².